The van der Waals surface area contributed by atoms with Gasteiger partial charge in [0.1, 0.15) is 0 Å². The number of aliphatic hydroxyl groups is 1. The summed E-state index contributed by atoms with van der Waals surface area (Å²) in [4.78, 5) is 26.3. The summed E-state index contributed by atoms with van der Waals surface area (Å²) in [5.41, 5.74) is 2.34. The first-order chi connectivity index (χ1) is 12.2. The van der Waals surface area contributed by atoms with Gasteiger partial charge in [-0.3, -0.25) is 9.59 Å². The van der Waals surface area contributed by atoms with E-state index < -0.39 is 0 Å². The highest BCUT2D eigenvalue weighted by Crippen LogP contribution is 2.19. The fourth-order valence-corrected chi connectivity index (χ4v) is 3.10. The lowest BCUT2D eigenvalue weighted by atomic mass is 10.1. The van der Waals surface area contributed by atoms with E-state index in [4.69, 9.17) is 5.11 Å². The van der Waals surface area contributed by atoms with E-state index >= 15 is 0 Å². The third kappa shape index (κ3) is 4.45. The Kier molecular flexibility index (Phi) is 5.46. The van der Waals surface area contributed by atoms with Gasteiger partial charge < -0.3 is 15.3 Å². The Balaban J connectivity index is 1.52. The van der Waals surface area contributed by atoms with Gasteiger partial charge in [0.25, 0.3) is 5.91 Å². The molecule has 1 fully saturated rings. The third-order valence-corrected chi connectivity index (χ3v) is 4.43. The minimum Gasteiger partial charge on any atom is -0.392 e. The zero-order valence-corrected chi connectivity index (χ0v) is 14.0. The van der Waals surface area contributed by atoms with Gasteiger partial charge in [-0.15, -0.1) is 0 Å². The van der Waals surface area contributed by atoms with Crippen molar-refractivity contribution in [1.29, 1.82) is 0 Å². The number of amides is 2. The van der Waals surface area contributed by atoms with Crippen molar-refractivity contribution in [2.24, 2.45) is 5.92 Å². The summed E-state index contributed by atoms with van der Waals surface area (Å²) in [7, 11) is 0. The van der Waals surface area contributed by atoms with Gasteiger partial charge in [0.05, 0.1) is 6.61 Å². The van der Waals surface area contributed by atoms with Gasteiger partial charge in [-0.2, -0.15) is 0 Å². The fourth-order valence-electron chi connectivity index (χ4n) is 3.10. The number of aliphatic hydroxyl groups excluding tert-OH is 1. The monoisotopic (exact) mass is 338 g/mol. The van der Waals surface area contributed by atoms with E-state index in [1.54, 1.807) is 24.3 Å². The molecule has 2 aromatic carbocycles. The minimum absolute atomic E-state index is 0.0906. The van der Waals surface area contributed by atoms with E-state index in [1.807, 2.05) is 35.2 Å². The molecule has 5 nitrogen and oxygen atoms in total. The summed E-state index contributed by atoms with van der Waals surface area (Å²) in [6, 6.07) is 16.8. The van der Waals surface area contributed by atoms with Crippen molar-refractivity contribution in [2.75, 3.05) is 13.1 Å². The molecule has 0 spiro atoms. The zero-order valence-electron chi connectivity index (χ0n) is 14.0. The summed E-state index contributed by atoms with van der Waals surface area (Å²) in [5.74, 6) is 0.0795. The maximum atomic E-state index is 12.2. The maximum absolute atomic E-state index is 12.2. The van der Waals surface area contributed by atoms with Gasteiger partial charge >= 0.3 is 0 Å². The summed E-state index contributed by atoms with van der Waals surface area (Å²) in [6.07, 6.45) is 0.462. The minimum atomic E-state index is -0.177. The molecule has 1 aliphatic heterocycles. The number of benzene rings is 2. The summed E-state index contributed by atoms with van der Waals surface area (Å²) < 4.78 is 0. The molecule has 3 rings (SSSR count). The van der Waals surface area contributed by atoms with Crippen LogP contribution in [0.15, 0.2) is 54.6 Å². The van der Waals surface area contributed by atoms with Crippen molar-refractivity contribution < 1.29 is 14.7 Å². The average molecular weight is 338 g/mol. The van der Waals surface area contributed by atoms with Crippen LogP contribution in [0.3, 0.4) is 0 Å². The Morgan fingerprint density at radius 2 is 1.88 bits per heavy atom. The predicted octanol–water partition coefficient (Wildman–Crippen LogP) is 1.96. The molecule has 2 aromatic rings. The maximum Gasteiger partial charge on any atom is 0.251 e. The van der Waals surface area contributed by atoms with E-state index in [2.05, 4.69) is 5.32 Å². The number of carbonyl (C=O) groups excluding carboxylic acids is 2. The fraction of sp³-hybridized carbons (Fsp3) is 0.300. The average Bonchev–Trinajstić information content (AvgIpc) is 3.00. The molecule has 1 unspecified atom stereocenters. The Hall–Kier alpha value is -2.66. The van der Waals surface area contributed by atoms with Crippen molar-refractivity contribution in [3.63, 3.8) is 0 Å². The second-order valence-electron chi connectivity index (χ2n) is 6.40. The lowest BCUT2D eigenvalue weighted by Crippen LogP contribution is -2.31. The third-order valence-electron chi connectivity index (χ3n) is 4.43. The van der Waals surface area contributed by atoms with E-state index in [-0.39, 0.29) is 24.3 Å². The highest BCUT2D eigenvalue weighted by Gasteiger charge is 2.29. The van der Waals surface area contributed by atoms with E-state index in [9.17, 15) is 9.59 Å². The summed E-state index contributed by atoms with van der Waals surface area (Å²) in [6.45, 7) is 1.65. The molecule has 1 atom stereocenters. The van der Waals surface area contributed by atoms with Crippen LogP contribution in [0.25, 0.3) is 0 Å². The van der Waals surface area contributed by atoms with Gasteiger partial charge in [0.2, 0.25) is 5.91 Å². The van der Waals surface area contributed by atoms with E-state index in [0.29, 0.717) is 37.2 Å². The molecule has 0 bridgehead atoms. The summed E-state index contributed by atoms with van der Waals surface area (Å²) in [5, 5.41) is 12.0. The molecule has 130 valence electrons. The molecule has 5 heteroatoms. The van der Waals surface area contributed by atoms with Crippen LogP contribution in [-0.2, 0) is 17.9 Å². The number of hydrogen-bond donors (Lipinski definition) is 2. The zero-order chi connectivity index (χ0) is 17.6. The largest absolute Gasteiger partial charge is 0.392 e. The molecule has 25 heavy (non-hydrogen) atoms. The SMILES string of the molecule is O=C(NCC1CC(=O)N(Cc2ccccc2)C1)c1cccc(CO)c1. The van der Waals surface area contributed by atoms with E-state index in [1.165, 1.54) is 0 Å². The molecule has 0 aliphatic carbocycles. The molecule has 1 saturated heterocycles. The van der Waals surface area contributed by atoms with Crippen LogP contribution < -0.4 is 5.32 Å². The number of likely N-dealkylation sites (tertiary alicyclic amines) is 1. The number of carbonyl (C=O) groups is 2. The number of nitrogens with one attached hydrogen (secondary N) is 1. The van der Waals surface area contributed by atoms with Crippen molar-refractivity contribution >= 4 is 11.8 Å². The molecule has 0 saturated carbocycles. The molecule has 2 amide bonds. The van der Waals surface area contributed by atoms with Crippen LogP contribution in [0.1, 0.15) is 27.9 Å². The molecule has 1 aliphatic rings. The molecule has 0 aromatic heterocycles. The van der Waals surface area contributed by atoms with Crippen molar-refractivity contribution in [3.05, 3.63) is 71.3 Å². The van der Waals surface area contributed by atoms with Crippen LogP contribution in [0, 0.1) is 5.92 Å². The second kappa shape index (κ2) is 7.94. The number of nitrogens with zero attached hydrogens (tertiary/aromatic N) is 1. The van der Waals surface area contributed by atoms with E-state index in [0.717, 1.165) is 5.56 Å². The standard InChI is InChI=1S/C20H22N2O3/c23-14-16-7-4-8-18(9-16)20(25)21-11-17-10-19(24)22(13-17)12-15-5-2-1-3-6-15/h1-9,17,23H,10-14H2,(H,21,25). The van der Waals surface area contributed by atoms with Gasteiger partial charge in [-0.05, 0) is 23.3 Å². The lowest BCUT2D eigenvalue weighted by Gasteiger charge is -2.17. The van der Waals surface area contributed by atoms with Gasteiger partial charge in [-0.1, -0.05) is 42.5 Å². The van der Waals surface area contributed by atoms with Gasteiger partial charge in [-0.25, -0.2) is 0 Å². The topological polar surface area (TPSA) is 69.6 Å². The number of hydrogen-bond acceptors (Lipinski definition) is 3. The molecular formula is C20H22N2O3. The smallest absolute Gasteiger partial charge is 0.251 e. The lowest BCUT2D eigenvalue weighted by molar-refractivity contribution is -0.128. The molecule has 0 radical (unpaired) electrons. The number of rotatable bonds is 6. The van der Waals surface area contributed by atoms with Gasteiger partial charge in [0.15, 0.2) is 0 Å². The van der Waals surface area contributed by atoms with Crippen molar-refractivity contribution in [2.45, 2.75) is 19.6 Å². The quantitative estimate of drug-likeness (QED) is 0.846. The van der Waals surface area contributed by atoms with Crippen molar-refractivity contribution in [3.8, 4) is 0 Å². The first kappa shape index (κ1) is 17.2. The van der Waals surface area contributed by atoms with Crippen molar-refractivity contribution in [1.82, 2.24) is 10.2 Å². The normalized spacial score (nSPS) is 16.9. The predicted molar refractivity (Wildman–Crippen MR) is 94.7 cm³/mol. The Labute approximate surface area is 147 Å². The summed E-state index contributed by atoms with van der Waals surface area (Å²) >= 11 is 0. The molecular weight excluding hydrogens is 316 g/mol. The van der Waals surface area contributed by atoms with Crippen LogP contribution in [0.5, 0.6) is 0 Å². The highest BCUT2D eigenvalue weighted by molar-refractivity contribution is 5.94. The molecule has 2 N–H and O–H groups in total. The van der Waals surface area contributed by atoms with Crippen LogP contribution in [0.2, 0.25) is 0 Å². The van der Waals surface area contributed by atoms with Crippen LogP contribution in [0.4, 0.5) is 0 Å². The Morgan fingerprint density at radius 3 is 2.64 bits per heavy atom. The highest BCUT2D eigenvalue weighted by atomic mass is 16.3. The van der Waals surface area contributed by atoms with Crippen LogP contribution in [-0.4, -0.2) is 34.9 Å². The second-order valence-corrected chi connectivity index (χ2v) is 6.40. The Morgan fingerprint density at radius 1 is 1.12 bits per heavy atom. The van der Waals surface area contributed by atoms with Crippen LogP contribution >= 0.6 is 0 Å². The first-order valence-electron chi connectivity index (χ1n) is 8.45. The molecule has 1 heterocycles. The Bertz CT molecular complexity index is 746. The van der Waals surface area contributed by atoms with Gasteiger partial charge in [0, 0.05) is 37.5 Å². The first-order valence-corrected chi connectivity index (χ1v) is 8.45.